The molecular weight excluding hydrogens is 273 g/mol. The fourth-order valence-electron chi connectivity index (χ4n) is 1.70. The Morgan fingerprint density at radius 1 is 1.25 bits per heavy atom. The standard InChI is InChI=1S/C13H11F3N2O2/c1-7-11(18-12(20-7)13(14,15)16)9-3-5-10(6-4-9)17-8(2)19/h3-6H,1-2H3,(H,17,19). The number of oxazole rings is 1. The van der Waals surface area contributed by atoms with E-state index < -0.39 is 12.1 Å². The van der Waals surface area contributed by atoms with Crippen LogP contribution in [0.1, 0.15) is 18.6 Å². The molecule has 0 aliphatic rings. The van der Waals surface area contributed by atoms with Crippen LogP contribution in [-0.4, -0.2) is 10.9 Å². The van der Waals surface area contributed by atoms with E-state index in [9.17, 15) is 18.0 Å². The third-order valence-corrected chi connectivity index (χ3v) is 2.52. The van der Waals surface area contributed by atoms with E-state index in [0.717, 1.165) is 0 Å². The first kappa shape index (κ1) is 14.1. The average Bonchev–Trinajstić information content (AvgIpc) is 2.71. The van der Waals surface area contributed by atoms with Crippen LogP contribution < -0.4 is 5.32 Å². The van der Waals surface area contributed by atoms with Crippen LogP contribution >= 0.6 is 0 Å². The van der Waals surface area contributed by atoms with Crippen LogP contribution in [0.5, 0.6) is 0 Å². The number of hydrogen-bond donors (Lipinski definition) is 1. The molecule has 106 valence electrons. The second kappa shape index (κ2) is 4.99. The number of hydrogen-bond acceptors (Lipinski definition) is 3. The highest BCUT2D eigenvalue weighted by molar-refractivity contribution is 5.88. The van der Waals surface area contributed by atoms with Crippen molar-refractivity contribution >= 4 is 11.6 Å². The number of anilines is 1. The Morgan fingerprint density at radius 3 is 2.30 bits per heavy atom. The molecule has 1 aromatic carbocycles. The van der Waals surface area contributed by atoms with Gasteiger partial charge < -0.3 is 9.73 Å². The Labute approximate surface area is 112 Å². The van der Waals surface area contributed by atoms with Crippen LogP contribution in [0.15, 0.2) is 28.7 Å². The van der Waals surface area contributed by atoms with E-state index >= 15 is 0 Å². The monoisotopic (exact) mass is 284 g/mol. The van der Waals surface area contributed by atoms with Gasteiger partial charge in [-0.15, -0.1) is 0 Å². The predicted octanol–water partition coefficient (Wildman–Crippen LogP) is 3.63. The second-order valence-electron chi connectivity index (χ2n) is 4.18. The van der Waals surface area contributed by atoms with Crippen LogP contribution in [0, 0.1) is 6.92 Å². The van der Waals surface area contributed by atoms with E-state index in [1.54, 1.807) is 24.3 Å². The van der Waals surface area contributed by atoms with Gasteiger partial charge >= 0.3 is 12.1 Å². The molecule has 0 atom stereocenters. The molecule has 0 saturated carbocycles. The van der Waals surface area contributed by atoms with Gasteiger partial charge in [-0.1, -0.05) is 12.1 Å². The van der Waals surface area contributed by atoms with Crippen molar-refractivity contribution in [2.75, 3.05) is 5.32 Å². The van der Waals surface area contributed by atoms with Gasteiger partial charge in [0.05, 0.1) is 0 Å². The summed E-state index contributed by atoms with van der Waals surface area (Å²) < 4.78 is 42.1. The fourth-order valence-corrected chi connectivity index (χ4v) is 1.70. The van der Waals surface area contributed by atoms with Gasteiger partial charge in [0.2, 0.25) is 5.91 Å². The third-order valence-electron chi connectivity index (χ3n) is 2.52. The number of amides is 1. The van der Waals surface area contributed by atoms with Gasteiger partial charge in [0.1, 0.15) is 11.5 Å². The number of aromatic nitrogens is 1. The molecule has 2 rings (SSSR count). The Bertz CT molecular complexity index is 630. The Kier molecular flexibility index (Phi) is 3.52. The maximum absolute atomic E-state index is 12.5. The van der Waals surface area contributed by atoms with Gasteiger partial charge in [-0.2, -0.15) is 13.2 Å². The number of alkyl halides is 3. The topological polar surface area (TPSA) is 55.1 Å². The summed E-state index contributed by atoms with van der Waals surface area (Å²) in [5, 5.41) is 2.56. The van der Waals surface area contributed by atoms with Crippen molar-refractivity contribution in [3.63, 3.8) is 0 Å². The minimum absolute atomic E-state index is 0.0876. The number of carbonyl (C=O) groups excluding carboxylic acids is 1. The van der Waals surface area contributed by atoms with Gasteiger partial charge in [0.15, 0.2) is 0 Å². The largest absolute Gasteiger partial charge is 0.468 e. The lowest BCUT2D eigenvalue weighted by Crippen LogP contribution is -2.05. The van der Waals surface area contributed by atoms with Gasteiger partial charge in [0.25, 0.3) is 0 Å². The zero-order valence-electron chi connectivity index (χ0n) is 10.7. The van der Waals surface area contributed by atoms with Crippen molar-refractivity contribution in [2.45, 2.75) is 20.0 Å². The molecule has 4 nitrogen and oxygen atoms in total. The van der Waals surface area contributed by atoms with Crippen molar-refractivity contribution in [2.24, 2.45) is 0 Å². The van der Waals surface area contributed by atoms with Crippen LogP contribution in [0.2, 0.25) is 0 Å². The molecule has 1 amide bonds. The lowest BCUT2D eigenvalue weighted by atomic mass is 10.1. The van der Waals surface area contributed by atoms with E-state index in [1.807, 2.05) is 0 Å². The zero-order valence-corrected chi connectivity index (χ0v) is 10.7. The summed E-state index contributed by atoms with van der Waals surface area (Å²) in [6.07, 6.45) is -4.61. The smallest absolute Gasteiger partial charge is 0.438 e. The van der Waals surface area contributed by atoms with Crippen molar-refractivity contribution in [3.05, 3.63) is 35.9 Å². The quantitative estimate of drug-likeness (QED) is 0.916. The molecule has 1 heterocycles. The molecule has 7 heteroatoms. The predicted molar refractivity (Wildman–Crippen MR) is 66.0 cm³/mol. The summed E-state index contributed by atoms with van der Waals surface area (Å²) in [4.78, 5) is 14.3. The summed E-state index contributed by atoms with van der Waals surface area (Å²) in [5.74, 6) is -1.41. The average molecular weight is 284 g/mol. The number of carbonyl (C=O) groups is 1. The molecule has 0 saturated heterocycles. The second-order valence-corrected chi connectivity index (χ2v) is 4.18. The van der Waals surface area contributed by atoms with Crippen LogP contribution in [0.25, 0.3) is 11.3 Å². The number of aryl methyl sites for hydroxylation is 1. The molecule has 1 aromatic heterocycles. The van der Waals surface area contributed by atoms with Crippen molar-refractivity contribution in [3.8, 4) is 11.3 Å². The molecule has 1 N–H and O–H groups in total. The van der Waals surface area contributed by atoms with Crippen molar-refractivity contribution < 1.29 is 22.4 Å². The first-order valence-electron chi connectivity index (χ1n) is 5.70. The summed E-state index contributed by atoms with van der Waals surface area (Å²) >= 11 is 0. The lowest BCUT2D eigenvalue weighted by Gasteiger charge is -2.03. The third kappa shape index (κ3) is 2.98. The first-order valence-corrected chi connectivity index (χ1v) is 5.70. The Hall–Kier alpha value is -2.31. The summed E-state index contributed by atoms with van der Waals surface area (Å²) in [7, 11) is 0. The van der Waals surface area contributed by atoms with Gasteiger partial charge in [-0.25, -0.2) is 4.98 Å². The highest BCUT2D eigenvalue weighted by atomic mass is 19.4. The number of benzene rings is 1. The van der Waals surface area contributed by atoms with Crippen molar-refractivity contribution in [1.29, 1.82) is 0 Å². The molecule has 2 aromatic rings. The van der Waals surface area contributed by atoms with E-state index in [1.165, 1.54) is 13.8 Å². The molecule has 0 unspecified atom stereocenters. The molecular formula is C13H11F3N2O2. The SMILES string of the molecule is CC(=O)Nc1ccc(-c2nc(C(F)(F)F)oc2C)cc1. The van der Waals surface area contributed by atoms with E-state index in [0.29, 0.717) is 11.3 Å². The van der Waals surface area contributed by atoms with E-state index in [4.69, 9.17) is 0 Å². The van der Waals surface area contributed by atoms with Crippen molar-refractivity contribution in [1.82, 2.24) is 4.98 Å². The number of halogens is 3. The first-order chi connectivity index (χ1) is 9.27. The number of nitrogens with zero attached hydrogens (tertiary/aromatic N) is 1. The molecule has 0 radical (unpaired) electrons. The maximum Gasteiger partial charge on any atom is 0.468 e. The van der Waals surface area contributed by atoms with Gasteiger partial charge in [-0.05, 0) is 19.1 Å². The van der Waals surface area contributed by atoms with Gasteiger partial charge in [-0.3, -0.25) is 4.79 Å². The minimum atomic E-state index is -4.61. The lowest BCUT2D eigenvalue weighted by molar-refractivity contribution is -0.157. The molecule has 0 spiro atoms. The van der Waals surface area contributed by atoms with Crippen LogP contribution in [0.3, 0.4) is 0 Å². The summed E-state index contributed by atoms with van der Waals surface area (Å²) in [6, 6.07) is 6.29. The molecule has 0 fully saturated rings. The molecule has 0 bridgehead atoms. The molecule has 0 aliphatic carbocycles. The molecule has 0 aliphatic heterocycles. The summed E-state index contributed by atoms with van der Waals surface area (Å²) in [5.41, 5.74) is 1.17. The number of rotatable bonds is 2. The van der Waals surface area contributed by atoms with E-state index in [-0.39, 0.29) is 17.4 Å². The van der Waals surface area contributed by atoms with E-state index in [2.05, 4.69) is 14.7 Å². The van der Waals surface area contributed by atoms with Crippen LogP contribution in [0.4, 0.5) is 18.9 Å². The maximum atomic E-state index is 12.5. The number of nitrogens with one attached hydrogen (secondary N) is 1. The summed E-state index contributed by atoms with van der Waals surface area (Å²) in [6.45, 7) is 2.78. The highest BCUT2D eigenvalue weighted by Crippen LogP contribution is 2.33. The van der Waals surface area contributed by atoms with Gasteiger partial charge in [0, 0.05) is 18.2 Å². The minimum Gasteiger partial charge on any atom is -0.438 e. The Balaban J connectivity index is 2.32. The normalized spacial score (nSPS) is 11.4. The van der Waals surface area contributed by atoms with Crippen LogP contribution in [-0.2, 0) is 11.0 Å². The molecule has 20 heavy (non-hydrogen) atoms. The zero-order chi connectivity index (χ0) is 14.9. The Morgan fingerprint density at radius 2 is 1.85 bits per heavy atom. The fraction of sp³-hybridized carbons (Fsp3) is 0.231. The highest BCUT2D eigenvalue weighted by Gasteiger charge is 2.38.